The molecule has 4 heteroatoms. The molecule has 0 radical (unpaired) electrons. The maximum atomic E-state index is 10.5. The molecule has 0 aliphatic carbocycles. The van der Waals surface area contributed by atoms with E-state index in [9.17, 15) is 4.79 Å². The first-order valence-electron chi connectivity index (χ1n) is 4.27. The lowest BCUT2D eigenvalue weighted by molar-refractivity contribution is -0.133. The van der Waals surface area contributed by atoms with E-state index < -0.39 is 5.97 Å². The summed E-state index contributed by atoms with van der Waals surface area (Å²) in [5, 5.41) is 25.9. The molecule has 1 atom stereocenters. The van der Waals surface area contributed by atoms with Gasteiger partial charge in [0.1, 0.15) is 0 Å². The molecular weight excluding hydrogens is 172 g/mol. The van der Waals surface area contributed by atoms with Crippen molar-refractivity contribution >= 4 is 5.97 Å². The van der Waals surface area contributed by atoms with Gasteiger partial charge in [0, 0.05) is 18.8 Å². The molecule has 0 saturated carbocycles. The van der Waals surface area contributed by atoms with Crippen LogP contribution in [0, 0.1) is 5.92 Å². The fourth-order valence-corrected chi connectivity index (χ4v) is 1.16. The number of hydrogen-bond donors (Lipinski definition) is 3. The van der Waals surface area contributed by atoms with Crippen molar-refractivity contribution in [3.05, 3.63) is 12.2 Å². The second kappa shape index (κ2) is 6.62. The molecule has 76 valence electrons. The molecule has 0 spiro atoms. The standard InChI is InChI=1S/C9H16O4/c1-7(9(12)13)8(4-6-11)3-2-5-10/h8,10-11H,1-6H2,(H,12,13). The molecular formula is C9H16O4. The van der Waals surface area contributed by atoms with Gasteiger partial charge < -0.3 is 15.3 Å². The van der Waals surface area contributed by atoms with Crippen molar-refractivity contribution < 1.29 is 20.1 Å². The van der Waals surface area contributed by atoms with E-state index in [0.29, 0.717) is 19.3 Å². The SMILES string of the molecule is C=C(C(=O)O)C(CCO)CCCO. The Morgan fingerprint density at radius 1 is 1.23 bits per heavy atom. The summed E-state index contributed by atoms with van der Waals surface area (Å²) in [6.45, 7) is 3.42. The molecule has 4 nitrogen and oxygen atoms in total. The molecule has 0 aliphatic rings. The molecule has 0 fully saturated rings. The van der Waals surface area contributed by atoms with E-state index in [2.05, 4.69) is 6.58 Å². The summed E-state index contributed by atoms with van der Waals surface area (Å²) < 4.78 is 0. The summed E-state index contributed by atoms with van der Waals surface area (Å²) >= 11 is 0. The van der Waals surface area contributed by atoms with Gasteiger partial charge in [0.15, 0.2) is 0 Å². The molecule has 1 unspecified atom stereocenters. The number of aliphatic hydroxyl groups is 2. The molecule has 0 bridgehead atoms. The minimum atomic E-state index is -1.03. The number of hydrogen-bond acceptors (Lipinski definition) is 3. The topological polar surface area (TPSA) is 77.8 Å². The van der Waals surface area contributed by atoms with Crippen LogP contribution in [0.15, 0.2) is 12.2 Å². The summed E-state index contributed by atoms with van der Waals surface area (Å²) in [4.78, 5) is 10.5. The van der Waals surface area contributed by atoms with Crippen LogP contribution in [-0.4, -0.2) is 34.5 Å². The Bertz CT molecular complexity index is 176. The smallest absolute Gasteiger partial charge is 0.331 e. The van der Waals surface area contributed by atoms with Gasteiger partial charge in [-0.15, -0.1) is 0 Å². The van der Waals surface area contributed by atoms with E-state index in [1.807, 2.05) is 0 Å². The van der Waals surface area contributed by atoms with Gasteiger partial charge in [0.25, 0.3) is 0 Å². The second-order valence-corrected chi connectivity index (χ2v) is 2.91. The Morgan fingerprint density at radius 3 is 2.23 bits per heavy atom. The van der Waals surface area contributed by atoms with E-state index in [4.69, 9.17) is 15.3 Å². The van der Waals surface area contributed by atoms with E-state index in [1.165, 1.54) is 0 Å². The molecule has 13 heavy (non-hydrogen) atoms. The van der Waals surface area contributed by atoms with Crippen molar-refractivity contribution in [1.29, 1.82) is 0 Å². The number of aliphatic carboxylic acids is 1. The average molecular weight is 188 g/mol. The van der Waals surface area contributed by atoms with Crippen molar-refractivity contribution in [2.75, 3.05) is 13.2 Å². The predicted molar refractivity (Wildman–Crippen MR) is 48.3 cm³/mol. The highest BCUT2D eigenvalue weighted by Crippen LogP contribution is 2.19. The number of carbonyl (C=O) groups is 1. The quantitative estimate of drug-likeness (QED) is 0.505. The zero-order valence-corrected chi connectivity index (χ0v) is 7.57. The maximum absolute atomic E-state index is 10.5. The molecule has 3 N–H and O–H groups in total. The Balaban J connectivity index is 4.06. The van der Waals surface area contributed by atoms with Gasteiger partial charge in [-0.2, -0.15) is 0 Å². The second-order valence-electron chi connectivity index (χ2n) is 2.91. The van der Waals surface area contributed by atoms with Crippen molar-refractivity contribution in [1.82, 2.24) is 0 Å². The van der Waals surface area contributed by atoms with Crippen LogP contribution < -0.4 is 0 Å². The van der Waals surface area contributed by atoms with Gasteiger partial charge >= 0.3 is 5.97 Å². The summed E-state index contributed by atoms with van der Waals surface area (Å²) in [7, 11) is 0. The number of carboxylic acid groups (broad SMARTS) is 1. The van der Waals surface area contributed by atoms with Crippen LogP contribution in [0.2, 0.25) is 0 Å². The Labute approximate surface area is 77.5 Å². The Morgan fingerprint density at radius 2 is 1.85 bits per heavy atom. The van der Waals surface area contributed by atoms with Crippen LogP contribution in [0.4, 0.5) is 0 Å². The van der Waals surface area contributed by atoms with Crippen LogP contribution in [0.25, 0.3) is 0 Å². The third kappa shape index (κ3) is 4.65. The van der Waals surface area contributed by atoms with E-state index >= 15 is 0 Å². The average Bonchev–Trinajstić information content (AvgIpc) is 2.11. The van der Waals surface area contributed by atoms with E-state index in [1.54, 1.807) is 0 Å². The molecule has 0 aromatic heterocycles. The fraction of sp³-hybridized carbons (Fsp3) is 0.667. The lowest BCUT2D eigenvalue weighted by Crippen LogP contribution is -2.13. The summed E-state index contributed by atoms with van der Waals surface area (Å²) in [5.74, 6) is -1.26. The minimum absolute atomic E-state index is 0.0365. The lowest BCUT2D eigenvalue weighted by atomic mass is 9.92. The number of carboxylic acids is 1. The number of aliphatic hydroxyl groups excluding tert-OH is 2. The van der Waals surface area contributed by atoms with Crippen LogP contribution >= 0.6 is 0 Å². The van der Waals surface area contributed by atoms with E-state index in [-0.39, 0.29) is 24.7 Å². The zero-order valence-electron chi connectivity index (χ0n) is 7.57. The molecule has 0 aliphatic heterocycles. The van der Waals surface area contributed by atoms with Crippen molar-refractivity contribution in [3.63, 3.8) is 0 Å². The summed E-state index contributed by atoms with van der Waals surface area (Å²) in [5.41, 5.74) is 0.113. The van der Waals surface area contributed by atoms with Gasteiger partial charge in [0.05, 0.1) is 0 Å². The molecule has 0 amide bonds. The van der Waals surface area contributed by atoms with Crippen LogP contribution in [-0.2, 0) is 4.79 Å². The fourth-order valence-electron chi connectivity index (χ4n) is 1.16. The van der Waals surface area contributed by atoms with E-state index in [0.717, 1.165) is 0 Å². The van der Waals surface area contributed by atoms with Gasteiger partial charge in [-0.05, 0) is 25.2 Å². The first-order valence-corrected chi connectivity index (χ1v) is 4.27. The normalized spacial score (nSPS) is 12.5. The zero-order chi connectivity index (χ0) is 10.3. The van der Waals surface area contributed by atoms with Crippen LogP contribution in [0.1, 0.15) is 19.3 Å². The van der Waals surface area contributed by atoms with Gasteiger partial charge in [0.2, 0.25) is 0 Å². The number of rotatable bonds is 7. The molecule has 0 rings (SSSR count). The van der Waals surface area contributed by atoms with Gasteiger partial charge in [-0.25, -0.2) is 4.79 Å². The first-order chi connectivity index (χ1) is 6.13. The lowest BCUT2D eigenvalue weighted by Gasteiger charge is -2.14. The van der Waals surface area contributed by atoms with Gasteiger partial charge in [-0.1, -0.05) is 6.58 Å². The summed E-state index contributed by atoms with van der Waals surface area (Å²) in [6, 6.07) is 0. The first kappa shape index (κ1) is 12.1. The highest BCUT2D eigenvalue weighted by molar-refractivity contribution is 5.86. The highest BCUT2D eigenvalue weighted by atomic mass is 16.4. The molecule has 0 aromatic rings. The monoisotopic (exact) mass is 188 g/mol. The third-order valence-electron chi connectivity index (χ3n) is 1.96. The molecule has 0 aromatic carbocycles. The maximum Gasteiger partial charge on any atom is 0.331 e. The van der Waals surface area contributed by atoms with Crippen molar-refractivity contribution in [2.45, 2.75) is 19.3 Å². The van der Waals surface area contributed by atoms with Crippen LogP contribution in [0.3, 0.4) is 0 Å². The highest BCUT2D eigenvalue weighted by Gasteiger charge is 2.17. The predicted octanol–water partition coefficient (Wildman–Crippen LogP) is 0.398. The molecule has 0 heterocycles. The van der Waals surface area contributed by atoms with Crippen molar-refractivity contribution in [3.8, 4) is 0 Å². The minimum Gasteiger partial charge on any atom is -0.478 e. The summed E-state index contributed by atoms with van der Waals surface area (Å²) in [6.07, 6.45) is 1.49. The Hall–Kier alpha value is -0.870. The largest absolute Gasteiger partial charge is 0.478 e. The van der Waals surface area contributed by atoms with Crippen LogP contribution in [0.5, 0.6) is 0 Å². The van der Waals surface area contributed by atoms with Crippen molar-refractivity contribution in [2.24, 2.45) is 5.92 Å². The Kier molecular flexibility index (Phi) is 6.18. The van der Waals surface area contributed by atoms with Gasteiger partial charge in [-0.3, -0.25) is 0 Å². The molecule has 0 saturated heterocycles. The third-order valence-corrected chi connectivity index (χ3v) is 1.96.